The topological polar surface area (TPSA) is 68.3 Å². The summed E-state index contributed by atoms with van der Waals surface area (Å²) in [4.78, 5) is 7.63. The Morgan fingerprint density at radius 3 is 2.40 bits per heavy atom. The van der Waals surface area contributed by atoms with Gasteiger partial charge >= 0.3 is 6.18 Å². The van der Waals surface area contributed by atoms with Crippen LogP contribution in [-0.2, 0) is 16.3 Å². The number of ether oxygens (including phenoxy) is 2. The van der Waals surface area contributed by atoms with Gasteiger partial charge in [0.15, 0.2) is 10.8 Å². The predicted molar refractivity (Wildman–Crippen MR) is 131 cm³/mol. The van der Waals surface area contributed by atoms with Gasteiger partial charge < -0.3 is 20.1 Å². The van der Waals surface area contributed by atoms with E-state index in [2.05, 4.69) is 20.6 Å². The van der Waals surface area contributed by atoms with E-state index >= 15 is 0 Å². The molecule has 0 aliphatic carbocycles. The predicted octanol–water partition coefficient (Wildman–Crippen LogP) is 5.98. The summed E-state index contributed by atoms with van der Waals surface area (Å²) in [7, 11) is 0. The van der Waals surface area contributed by atoms with Gasteiger partial charge in [-0.1, -0.05) is 41.9 Å². The normalized spacial score (nSPS) is 15.3. The largest absolute Gasteiger partial charge is 0.439 e. The molecule has 1 saturated heterocycles. The van der Waals surface area contributed by atoms with E-state index in [1.807, 2.05) is 24.3 Å². The van der Waals surface area contributed by atoms with Gasteiger partial charge in [0.1, 0.15) is 5.75 Å². The average Bonchev–Trinajstić information content (AvgIpc) is 2.84. The molecule has 3 aromatic rings. The highest BCUT2D eigenvalue weighted by Crippen LogP contribution is 2.35. The number of thiocarbonyl (C=S) groups is 1. The number of benzene rings is 2. The van der Waals surface area contributed by atoms with Crippen molar-refractivity contribution in [2.75, 3.05) is 25.1 Å². The number of halogens is 4. The van der Waals surface area contributed by atoms with E-state index in [1.54, 1.807) is 30.3 Å². The first kappa shape index (κ1) is 25.2. The lowest BCUT2D eigenvalue weighted by molar-refractivity contribution is -0.141. The van der Waals surface area contributed by atoms with E-state index in [-0.39, 0.29) is 22.4 Å². The molecule has 1 aliphatic rings. The third kappa shape index (κ3) is 6.59. The Morgan fingerprint density at radius 1 is 1.06 bits per heavy atom. The van der Waals surface area contributed by atoms with E-state index in [9.17, 15) is 13.2 Å². The molecule has 2 N–H and O–H groups in total. The first-order valence-corrected chi connectivity index (χ1v) is 11.6. The fraction of sp³-hybridized carbons (Fsp3) is 0.292. The first-order chi connectivity index (χ1) is 16.7. The number of aromatic nitrogens is 2. The van der Waals surface area contributed by atoms with Crippen molar-refractivity contribution in [2.24, 2.45) is 0 Å². The van der Waals surface area contributed by atoms with Crippen LogP contribution in [0.15, 0.2) is 60.7 Å². The van der Waals surface area contributed by atoms with Crippen molar-refractivity contribution in [3.63, 3.8) is 0 Å². The number of anilines is 1. The lowest BCUT2D eigenvalue weighted by atomic mass is 9.74. The van der Waals surface area contributed by atoms with Crippen LogP contribution in [-0.4, -0.2) is 34.8 Å². The molecule has 0 unspecified atom stereocenters. The molecule has 0 amide bonds. The zero-order chi connectivity index (χ0) is 24.9. The van der Waals surface area contributed by atoms with Gasteiger partial charge in [-0.2, -0.15) is 18.2 Å². The van der Waals surface area contributed by atoms with Crippen molar-refractivity contribution < 1.29 is 22.6 Å². The molecule has 1 aromatic heterocycles. The molecular formula is C24H22ClF3N4O2S. The molecule has 4 rings (SSSR count). The molecule has 2 aromatic carbocycles. The Bertz CT molecular complexity index is 1160. The fourth-order valence-corrected chi connectivity index (χ4v) is 4.11. The number of alkyl halides is 3. The summed E-state index contributed by atoms with van der Waals surface area (Å²) in [5, 5.41) is 6.50. The zero-order valence-electron chi connectivity index (χ0n) is 18.4. The van der Waals surface area contributed by atoms with Crippen molar-refractivity contribution >= 4 is 34.9 Å². The first-order valence-electron chi connectivity index (χ1n) is 10.8. The lowest BCUT2D eigenvalue weighted by Gasteiger charge is -2.38. The molecule has 0 saturated carbocycles. The average molecular weight is 523 g/mol. The summed E-state index contributed by atoms with van der Waals surface area (Å²) in [5.74, 6) is -0.239. The molecule has 0 atom stereocenters. The third-order valence-electron chi connectivity index (χ3n) is 5.68. The molecule has 184 valence electrons. The second-order valence-corrected chi connectivity index (χ2v) is 8.88. The zero-order valence-corrected chi connectivity index (χ0v) is 20.0. The maximum Gasteiger partial charge on any atom is 0.433 e. The molecule has 1 aliphatic heterocycles. The van der Waals surface area contributed by atoms with Crippen LogP contribution < -0.4 is 15.4 Å². The molecule has 35 heavy (non-hydrogen) atoms. The summed E-state index contributed by atoms with van der Waals surface area (Å²) in [5.41, 5.74) is -0.342. The Morgan fingerprint density at radius 2 is 1.74 bits per heavy atom. The Labute approximate surface area is 210 Å². The standard InChI is InChI=1S/C24H22ClF3N4O2S/c25-17-8-6-16(7-9-17)23(10-12-33-13-11-23)15-29-22(35)32-21-30-19(24(26,27)28)14-20(31-21)34-18-4-2-1-3-5-18/h1-9,14H,10-13,15H2,(H2,29,30,31,32,35). The highest BCUT2D eigenvalue weighted by Gasteiger charge is 2.36. The van der Waals surface area contributed by atoms with Crippen LogP contribution in [0, 0.1) is 0 Å². The molecule has 0 bridgehead atoms. The minimum Gasteiger partial charge on any atom is -0.439 e. The number of rotatable bonds is 6. The van der Waals surface area contributed by atoms with E-state index in [0.29, 0.717) is 30.5 Å². The molecule has 6 nitrogen and oxygen atoms in total. The van der Waals surface area contributed by atoms with Gasteiger partial charge in [-0.15, -0.1) is 0 Å². The van der Waals surface area contributed by atoms with Gasteiger partial charge in [-0.3, -0.25) is 0 Å². The summed E-state index contributed by atoms with van der Waals surface area (Å²) in [6, 6.07) is 16.7. The number of hydrogen-bond donors (Lipinski definition) is 2. The van der Waals surface area contributed by atoms with Gasteiger partial charge in [-0.05, 0) is 54.9 Å². The Kier molecular flexibility index (Phi) is 7.73. The Hall–Kier alpha value is -2.95. The smallest absolute Gasteiger partial charge is 0.433 e. The van der Waals surface area contributed by atoms with Crippen LogP contribution in [0.4, 0.5) is 19.1 Å². The second-order valence-electron chi connectivity index (χ2n) is 8.04. The van der Waals surface area contributed by atoms with Gasteiger partial charge in [0.05, 0.1) is 0 Å². The SMILES string of the molecule is FC(F)(F)c1cc(Oc2ccccc2)nc(NC(=S)NCC2(c3ccc(Cl)cc3)CCOCC2)n1. The van der Waals surface area contributed by atoms with E-state index < -0.39 is 11.9 Å². The summed E-state index contributed by atoms with van der Waals surface area (Å²) in [6.45, 7) is 1.61. The van der Waals surface area contributed by atoms with Crippen molar-refractivity contribution in [1.29, 1.82) is 0 Å². The van der Waals surface area contributed by atoms with Crippen LogP contribution in [0.25, 0.3) is 0 Å². The number of hydrogen-bond acceptors (Lipinski definition) is 5. The molecular weight excluding hydrogens is 501 g/mol. The van der Waals surface area contributed by atoms with Gasteiger partial charge in [-0.25, -0.2) is 4.98 Å². The van der Waals surface area contributed by atoms with Crippen LogP contribution in [0.3, 0.4) is 0 Å². The highest BCUT2D eigenvalue weighted by atomic mass is 35.5. The molecule has 11 heteroatoms. The molecule has 1 fully saturated rings. The van der Waals surface area contributed by atoms with Crippen molar-refractivity contribution in [3.8, 4) is 11.6 Å². The number of nitrogens with zero attached hydrogens (tertiary/aromatic N) is 2. The lowest BCUT2D eigenvalue weighted by Crippen LogP contribution is -2.45. The monoisotopic (exact) mass is 522 g/mol. The third-order valence-corrected chi connectivity index (χ3v) is 6.18. The highest BCUT2D eigenvalue weighted by molar-refractivity contribution is 7.80. The minimum atomic E-state index is -4.69. The van der Waals surface area contributed by atoms with Crippen LogP contribution in [0.1, 0.15) is 24.1 Å². The summed E-state index contributed by atoms with van der Waals surface area (Å²) >= 11 is 11.4. The van der Waals surface area contributed by atoms with Crippen molar-refractivity contribution in [3.05, 3.63) is 76.9 Å². The van der Waals surface area contributed by atoms with Gasteiger partial charge in [0, 0.05) is 36.3 Å². The van der Waals surface area contributed by atoms with E-state index in [1.165, 1.54) is 0 Å². The maximum atomic E-state index is 13.4. The quantitative estimate of drug-likeness (QED) is 0.386. The molecule has 0 radical (unpaired) electrons. The summed E-state index contributed by atoms with van der Waals surface area (Å²) in [6.07, 6.45) is -3.19. The fourth-order valence-electron chi connectivity index (χ4n) is 3.82. The minimum absolute atomic E-state index is 0.0924. The summed E-state index contributed by atoms with van der Waals surface area (Å²) < 4.78 is 51.3. The van der Waals surface area contributed by atoms with E-state index in [0.717, 1.165) is 24.5 Å². The molecule has 2 heterocycles. The Balaban J connectivity index is 1.50. The van der Waals surface area contributed by atoms with E-state index in [4.69, 9.17) is 33.3 Å². The number of nitrogens with one attached hydrogen (secondary N) is 2. The van der Waals surface area contributed by atoms with Crippen LogP contribution >= 0.6 is 23.8 Å². The van der Waals surface area contributed by atoms with Gasteiger partial charge in [0.25, 0.3) is 0 Å². The van der Waals surface area contributed by atoms with Crippen molar-refractivity contribution in [2.45, 2.75) is 24.4 Å². The number of para-hydroxylation sites is 1. The molecule has 0 spiro atoms. The maximum absolute atomic E-state index is 13.4. The van der Waals surface area contributed by atoms with Crippen molar-refractivity contribution in [1.82, 2.24) is 15.3 Å². The second kappa shape index (κ2) is 10.8. The van der Waals surface area contributed by atoms with Crippen LogP contribution in [0.5, 0.6) is 11.6 Å². The van der Waals surface area contributed by atoms with Crippen LogP contribution in [0.2, 0.25) is 5.02 Å². The van der Waals surface area contributed by atoms with Gasteiger partial charge in [0.2, 0.25) is 11.8 Å².